The maximum Gasteiger partial charge on any atom is 0.246 e. The number of hydrogen-bond donors (Lipinski definition) is 2. The second-order valence-electron chi connectivity index (χ2n) is 4.93. The van der Waals surface area contributed by atoms with Gasteiger partial charge in [-0.05, 0) is 25.2 Å². The molecule has 1 atom stereocenters. The molecule has 1 aliphatic heterocycles. The van der Waals surface area contributed by atoms with Crippen LogP contribution in [0.15, 0.2) is 0 Å². The Labute approximate surface area is 97.2 Å². The van der Waals surface area contributed by atoms with Crippen molar-refractivity contribution in [2.45, 2.75) is 58.5 Å². The lowest BCUT2D eigenvalue weighted by molar-refractivity contribution is -0.142. The smallest absolute Gasteiger partial charge is 0.246 e. The molecule has 0 aromatic carbocycles. The molecule has 0 bridgehead atoms. The number of piperazine rings is 1. The summed E-state index contributed by atoms with van der Waals surface area (Å²) in [5, 5.41) is 5.72. The van der Waals surface area contributed by atoms with E-state index in [-0.39, 0.29) is 17.9 Å². The minimum atomic E-state index is -0.690. The first-order chi connectivity index (χ1) is 7.45. The largest absolute Gasteiger partial charge is 0.342 e. The molecule has 1 unspecified atom stereocenters. The molecule has 0 aromatic heterocycles. The Kier molecular flexibility index (Phi) is 3.94. The van der Waals surface area contributed by atoms with Gasteiger partial charge in [0.1, 0.15) is 11.6 Å². The van der Waals surface area contributed by atoms with Crippen molar-refractivity contribution in [1.29, 1.82) is 0 Å². The molecule has 2 amide bonds. The van der Waals surface area contributed by atoms with E-state index in [4.69, 9.17) is 0 Å². The van der Waals surface area contributed by atoms with Crippen LogP contribution in [0.3, 0.4) is 0 Å². The van der Waals surface area contributed by atoms with Crippen molar-refractivity contribution in [3.05, 3.63) is 0 Å². The molecule has 1 aliphatic rings. The topological polar surface area (TPSA) is 58.2 Å². The van der Waals surface area contributed by atoms with E-state index in [0.717, 1.165) is 0 Å². The van der Waals surface area contributed by atoms with E-state index < -0.39 is 5.54 Å². The SMILES string of the molecule is CCC1(CC)NC(=O)C(CC(C)C)NC1=O. The fraction of sp³-hybridized carbons (Fsp3) is 0.833. The third-order valence-corrected chi connectivity index (χ3v) is 3.33. The quantitative estimate of drug-likeness (QED) is 0.757. The van der Waals surface area contributed by atoms with E-state index in [1.165, 1.54) is 0 Å². The summed E-state index contributed by atoms with van der Waals surface area (Å²) in [6, 6.07) is -0.362. The molecule has 4 heteroatoms. The van der Waals surface area contributed by atoms with Crippen molar-refractivity contribution in [2.75, 3.05) is 0 Å². The van der Waals surface area contributed by atoms with Crippen LogP contribution in [0.5, 0.6) is 0 Å². The molecule has 4 nitrogen and oxygen atoms in total. The number of rotatable bonds is 4. The zero-order chi connectivity index (χ0) is 12.3. The van der Waals surface area contributed by atoms with Gasteiger partial charge in [-0.3, -0.25) is 9.59 Å². The number of amides is 2. The molecule has 2 N–H and O–H groups in total. The summed E-state index contributed by atoms with van der Waals surface area (Å²) in [6.45, 7) is 7.93. The van der Waals surface area contributed by atoms with Crippen LogP contribution in [0, 0.1) is 5.92 Å². The molecular formula is C12H22N2O2. The second-order valence-corrected chi connectivity index (χ2v) is 4.93. The van der Waals surface area contributed by atoms with Crippen molar-refractivity contribution in [3.8, 4) is 0 Å². The molecule has 0 aliphatic carbocycles. The molecule has 1 fully saturated rings. The van der Waals surface area contributed by atoms with Crippen molar-refractivity contribution in [3.63, 3.8) is 0 Å². The number of carbonyl (C=O) groups excluding carboxylic acids is 2. The zero-order valence-electron chi connectivity index (χ0n) is 10.6. The molecule has 0 aromatic rings. The lowest BCUT2D eigenvalue weighted by atomic mass is 9.87. The van der Waals surface area contributed by atoms with E-state index in [2.05, 4.69) is 10.6 Å². The van der Waals surface area contributed by atoms with Crippen LogP contribution in [-0.2, 0) is 9.59 Å². The van der Waals surface area contributed by atoms with Gasteiger partial charge in [0.2, 0.25) is 11.8 Å². The van der Waals surface area contributed by atoms with Gasteiger partial charge in [0, 0.05) is 0 Å². The predicted octanol–water partition coefficient (Wildman–Crippen LogP) is 1.21. The Morgan fingerprint density at radius 3 is 2.25 bits per heavy atom. The van der Waals surface area contributed by atoms with E-state index in [0.29, 0.717) is 25.2 Å². The highest BCUT2D eigenvalue weighted by atomic mass is 16.2. The molecule has 1 rings (SSSR count). The van der Waals surface area contributed by atoms with E-state index >= 15 is 0 Å². The summed E-state index contributed by atoms with van der Waals surface area (Å²) in [6.07, 6.45) is 1.96. The standard InChI is InChI=1S/C12H22N2O2/c1-5-12(6-2)11(16)13-9(7-8(3)4)10(15)14-12/h8-9H,5-7H2,1-4H3,(H,13,16)(H,14,15). The monoisotopic (exact) mass is 226 g/mol. The van der Waals surface area contributed by atoms with Crippen LogP contribution in [0.1, 0.15) is 47.0 Å². The number of nitrogens with one attached hydrogen (secondary N) is 2. The molecule has 0 spiro atoms. The molecule has 1 saturated heterocycles. The van der Waals surface area contributed by atoms with Crippen molar-refractivity contribution >= 4 is 11.8 Å². The Morgan fingerprint density at radius 1 is 1.25 bits per heavy atom. The van der Waals surface area contributed by atoms with Gasteiger partial charge in [-0.1, -0.05) is 27.7 Å². The van der Waals surface area contributed by atoms with Crippen LogP contribution in [0.2, 0.25) is 0 Å². The first-order valence-electron chi connectivity index (χ1n) is 6.08. The minimum Gasteiger partial charge on any atom is -0.342 e. The van der Waals surface area contributed by atoms with Gasteiger partial charge >= 0.3 is 0 Å². The first-order valence-corrected chi connectivity index (χ1v) is 6.08. The lowest BCUT2D eigenvalue weighted by Gasteiger charge is -2.39. The molecule has 0 radical (unpaired) electrons. The zero-order valence-corrected chi connectivity index (χ0v) is 10.6. The fourth-order valence-corrected chi connectivity index (χ4v) is 2.13. The van der Waals surface area contributed by atoms with Gasteiger partial charge in [0.15, 0.2) is 0 Å². The van der Waals surface area contributed by atoms with Crippen molar-refractivity contribution < 1.29 is 9.59 Å². The summed E-state index contributed by atoms with van der Waals surface area (Å²) >= 11 is 0. The van der Waals surface area contributed by atoms with Crippen molar-refractivity contribution in [2.24, 2.45) is 5.92 Å². The summed E-state index contributed by atoms with van der Waals surface area (Å²) in [5.74, 6) is 0.312. The predicted molar refractivity (Wildman–Crippen MR) is 62.8 cm³/mol. The van der Waals surface area contributed by atoms with Gasteiger partial charge in [0.05, 0.1) is 0 Å². The van der Waals surface area contributed by atoms with E-state index in [1.54, 1.807) is 0 Å². The maximum atomic E-state index is 12.0. The maximum absolute atomic E-state index is 12.0. The highest BCUT2D eigenvalue weighted by Gasteiger charge is 2.43. The third kappa shape index (κ3) is 2.36. The van der Waals surface area contributed by atoms with Gasteiger partial charge in [-0.25, -0.2) is 0 Å². The minimum absolute atomic E-state index is 0.0391. The Hall–Kier alpha value is -1.06. The lowest BCUT2D eigenvalue weighted by Crippen LogP contribution is -2.69. The Bertz CT molecular complexity index is 283. The highest BCUT2D eigenvalue weighted by molar-refractivity contribution is 5.99. The molecule has 0 saturated carbocycles. The van der Waals surface area contributed by atoms with Crippen LogP contribution < -0.4 is 10.6 Å². The Morgan fingerprint density at radius 2 is 1.81 bits per heavy atom. The fourth-order valence-electron chi connectivity index (χ4n) is 2.13. The summed E-state index contributed by atoms with van der Waals surface area (Å²) < 4.78 is 0. The molecule has 16 heavy (non-hydrogen) atoms. The van der Waals surface area contributed by atoms with Crippen LogP contribution in [0.4, 0.5) is 0 Å². The molecule has 1 heterocycles. The van der Waals surface area contributed by atoms with Crippen LogP contribution in [-0.4, -0.2) is 23.4 Å². The van der Waals surface area contributed by atoms with Crippen LogP contribution >= 0.6 is 0 Å². The highest BCUT2D eigenvalue weighted by Crippen LogP contribution is 2.21. The van der Waals surface area contributed by atoms with Crippen molar-refractivity contribution in [1.82, 2.24) is 10.6 Å². The number of carbonyl (C=O) groups is 2. The van der Waals surface area contributed by atoms with Gasteiger partial charge in [0.25, 0.3) is 0 Å². The van der Waals surface area contributed by atoms with E-state index in [9.17, 15) is 9.59 Å². The summed E-state index contributed by atoms with van der Waals surface area (Å²) in [7, 11) is 0. The van der Waals surface area contributed by atoms with Gasteiger partial charge < -0.3 is 10.6 Å². The summed E-state index contributed by atoms with van der Waals surface area (Å²) in [5.41, 5.74) is -0.690. The molecule has 92 valence electrons. The third-order valence-electron chi connectivity index (χ3n) is 3.33. The van der Waals surface area contributed by atoms with Gasteiger partial charge in [-0.2, -0.15) is 0 Å². The first kappa shape index (κ1) is 13.0. The molecular weight excluding hydrogens is 204 g/mol. The summed E-state index contributed by atoms with van der Waals surface area (Å²) in [4.78, 5) is 23.9. The average Bonchev–Trinajstić information content (AvgIpc) is 2.22. The number of hydrogen-bond acceptors (Lipinski definition) is 2. The van der Waals surface area contributed by atoms with E-state index in [1.807, 2.05) is 27.7 Å². The second kappa shape index (κ2) is 4.85. The van der Waals surface area contributed by atoms with Gasteiger partial charge in [-0.15, -0.1) is 0 Å². The Balaban J connectivity index is 2.77. The normalized spacial score (nSPS) is 24.2. The van der Waals surface area contributed by atoms with Crippen LogP contribution in [0.25, 0.3) is 0 Å². The average molecular weight is 226 g/mol.